The number of rotatable bonds is 4. The van der Waals surface area contributed by atoms with Crippen LogP contribution in [0.15, 0.2) is 0 Å². The van der Waals surface area contributed by atoms with Crippen LogP contribution in [0.4, 0.5) is 0 Å². The molecule has 0 heterocycles. The fourth-order valence-electron chi connectivity index (χ4n) is 1.85. The van der Waals surface area contributed by atoms with Gasteiger partial charge >= 0.3 is 0 Å². The van der Waals surface area contributed by atoms with Gasteiger partial charge in [-0.1, -0.05) is 25.7 Å². The van der Waals surface area contributed by atoms with Crippen LogP contribution < -0.4 is 5.32 Å². The maximum atomic E-state index is 9.15. The lowest BCUT2D eigenvalue weighted by molar-refractivity contribution is 0.0913. The minimum atomic E-state index is -0.594. The average molecular weight is 187 g/mol. The Kier molecular flexibility index (Phi) is 5.35. The smallest absolute Gasteiger partial charge is 0.0895 e. The first-order valence-electron chi connectivity index (χ1n) is 5.35. The number of aliphatic hydroxyl groups excluding tert-OH is 2. The fourth-order valence-corrected chi connectivity index (χ4v) is 1.85. The van der Waals surface area contributed by atoms with Gasteiger partial charge in [0.05, 0.1) is 12.7 Å². The van der Waals surface area contributed by atoms with Gasteiger partial charge in [-0.25, -0.2) is 0 Å². The maximum absolute atomic E-state index is 9.15. The van der Waals surface area contributed by atoms with Gasteiger partial charge in [-0.15, -0.1) is 0 Å². The van der Waals surface area contributed by atoms with E-state index in [1.54, 1.807) is 0 Å². The Morgan fingerprint density at radius 3 is 2.31 bits per heavy atom. The van der Waals surface area contributed by atoms with E-state index in [0.717, 1.165) is 0 Å². The Balaban J connectivity index is 2.11. The van der Waals surface area contributed by atoms with Gasteiger partial charge in [0, 0.05) is 12.6 Å². The first-order valence-corrected chi connectivity index (χ1v) is 5.35. The molecule has 1 atom stereocenters. The third kappa shape index (κ3) is 4.60. The van der Waals surface area contributed by atoms with Gasteiger partial charge in [-0.2, -0.15) is 0 Å². The van der Waals surface area contributed by atoms with Gasteiger partial charge < -0.3 is 15.5 Å². The normalized spacial score (nSPS) is 22.6. The van der Waals surface area contributed by atoms with E-state index in [1.807, 2.05) is 0 Å². The fraction of sp³-hybridized carbons (Fsp3) is 1.00. The molecule has 0 bridgehead atoms. The van der Waals surface area contributed by atoms with Gasteiger partial charge in [-0.05, 0) is 12.8 Å². The van der Waals surface area contributed by atoms with Gasteiger partial charge in [0.25, 0.3) is 0 Å². The Morgan fingerprint density at radius 2 is 1.77 bits per heavy atom. The molecule has 0 radical (unpaired) electrons. The van der Waals surface area contributed by atoms with Crippen molar-refractivity contribution in [2.45, 2.75) is 50.7 Å². The van der Waals surface area contributed by atoms with E-state index in [0.29, 0.717) is 12.6 Å². The van der Waals surface area contributed by atoms with E-state index in [2.05, 4.69) is 5.32 Å². The quantitative estimate of drug-likeness (QED) is 0.566. The molecule has 3 heteroatoms. The van der Waals surface area contributed by atoms with Crippen molar-refractivity contribution < 1.29 is 10.2 Å². The standard InChI is InChI=1S/C10H21NO2/c12-8-10(13)7-11-9-5-3-1-2-4-6-9/h9-13H,1-8H2/t10-/m0/s1. The average Bonchev–Trinajstić information content (AvgIpc) is 2.42. The van der Waals surface area contributed by atoms with Crippen molar-refractivity contribution in [2.75, 3.05) is 13.2 Å². The number of nitrogens with one attached hydrogen (secondary N) is 1. The third-order valence-electron chi connectivity index (χ3n) is 2.71. The summed E-state index contributed by atoms with van der Waals surface area (Å²) in [4.78, 5) is 0. The molecule has 0 aromatic carbocycles. The molecule has 1 rings (SSSR count). The molecule has 1 aliphatic rings. The van der Waals surface area contributed by atoms with Gasteiger partial charge in [0.2, 0.25) is 0 Å². The monoisotopic (exact) mass is 187 g/mol. The van der Waals surface area contributed by atoms with Crippen LogP contribution in [-0.2, 0) is 0 Å². The first-order chi connectivity index (χ1) is 6.33. The van der Waals surface area contributed by atoms with Crippen molar-refractivity contribution in [1.29, 1.82) is 0 Å². The van der Waals surface area contributed by atoms with E-state index in [-0.39, 0.29) is 6.61 Å². The zero-order valence-electron chi connectivity index (χ0n) is 8.21. The molecule has 0 amide bonds. The second kappa shape index (κ2) is 6.35. The summed E-state index contributed by atoms with van der Waals surface area (Å²) in [6, 6.07) is 0.559. The predicted molar refractivity (Wildman–Crippen MR) is 52.6 cm³/mol. The maximum Gasteiger partial charge on any atom is 0.0895 e. The molecule has 78 valence electrons. The Morgan fingerprint density at radius 1 is 1.15 bits per heavy atom. The Bertz CT molecular complexity index is 122. The van der Waals surface area contributed by atoms with Crippen molar-refractivity contribution in [3.63, 3.8) is 0 Å². The Labute approximate surface area is 80.2 Å². The molecule has 1 fully saturated rings. The molecule has 3 nitrogen and oxygen atoms in total. The lowest BCUT2D eigenvalue weighted by Crippen LogP contribution is -2.36. The highest BCUT2D eigenvalue weighted by molar-refractivity contribution is 4.72. The van der Waals surface area contributed by atoms with Crippen LogP contribution in [0.25, 0.3) is 0 Å². The van der Waals surface area contributed by atoms with Crippen LogP contribution in [0, 0.1) is 0 Å². The molecule has 0 spiro atoms. The molecule has 1 aliphatic carbocycles. The highest BCUT2D eigenvalue weighted by Crippen LogP contribution is 2.16. The van der Waals surface area contributed by atoms with Crippen LogP contribution in [0.1, 0.15) is 38.5 Å². The van der Waals surface area contributed by atoms with Crippen molar-refractivity contribution >= 4 is 0 Å². The largest absolute Gasteiger partial charge is 0.394 e. The molecule has 1 saturated carbocycles. The summed E-state index contributed by atoms with van der Waals surface area (Å²) < 4.78 is 0. The summed E-state index contributed by atoms with van der Waals surface area (Å²) in [5, 5.41) is 21.1. The van der Waals surface area contributed by atoms with E-state index in [1.165, 1.54) is 38.5 Å². The summed E-state index contributed by atoms with van der Waals surface area (Å²) in [7, 11) is 0. The van der Waals surface area contributed by atoms with Gasteiger partial charge in [-0.3, -0.25) is 0 Å². The molecule has 0 aromatic rings. The molecular formula is C10H21NO2. The summed E-state index contributed by atoms with van der Waals surface area (Å²) in [6.07, 6.45) is 7.14. The first kappa shape index (κ1) is 11.0. The number of hydrogen-bond acceptors (Lipinski definition) is 3. The molecular weight excluding hydrogens is 166 g/mol. The van der Waals surface area contributed by atoms with Crippen molar-refractivity contribution in [2.24, 2.45) is 0 Å². The minimum Gasteiger partial charge on any atom is -0.394 e. The summed E-state index contributed by atoms with van der Waals surface area (Å²) >= 11 is 0. The third-order valence-corrected chi connectivity index (χ3v) is 2.71. The van der Waals surface area contributed by atoms with Crippen LogP contribution in [-0.4, -0.2) is 35.5 Å². The predicted octanol–water partition coefficient (Wildman–Crippen LogP) is 0.652. The summed E-state index contributed by atoms with van der Waals surface area (Å²) in [5.74, 6) is 0. The highest BCUT2D eigenvalue weighted by atomic mass is 16.3. The molecule has 3 N–H and O–H groups in total. The van der Waals surface area contributed by atoms with E-state index < -0.39 is 6.10 Å². The van der Waals surface area contributed by atoms with Crippen LogP contribution in [0.5, 0.6) is 0 Å². The zero-order valence-corrected chi connectivity index (χ0v) is 8.21. The van der Waals surface area contributed by atoms with Gasteiger partial charge in [0.15, 0.2) is 0 Å². The second-order valence-corrected chi connectivity index (χ2v) is 3.93. The van der Waals surface area contributed by atoms with E-state index in [4.69, 9.17) is 10.2 Å². The summed E-state index contributed by atoms with van der Waals surface area (Å²) in [5.41, 5.74) is 0. The summed E-state index contributed by atoms with van der Waals surface area (Å²) in [6.45, 7) is 0.390. The van der Waals surface area contributed by atoms with Crippen LogP contribution in [0.2, 0.25) is 0 Å². The molecule has 0 aliphatic heterocycles. The number of aliphatic hydroxyl groups is 2. The topological polar surface area (TPSA) is 52.5 Å². The lowest BCUT2D eigenvalue weighted by atomic mass is 10.1. The lowest BCUT2D eigenvalue weighted by Gasteiger charge is -2.17. The Hall–Kier alpha value is -0.120. The number of hydrogen-bond donors (Lipinski definition) is 3. The van der Waals surface area contributed by atoms with Crippen LogP contribution >= 0.6 is 0 Å². The minimum absolute atomic E-state index is 0.139. The molecule has 0 aromatic heterocycles. The van der Waals surface area contributed by atoms with Crippen molar-refractivity contribution in [3.05, 3.63) is 0 Å². The van der Waals surface area contributed by atoms with Crippen LogP contribution in [0.3, 0.4) is 0 Å². The van der Waals surface area contributed by atoms with Crippen molar-refractivity contribution in [3.8, 4) is 0 Å². The van der Waals surface area contributed by atoms with Crippen molar-refractivity contribution in [1.82, 2.24) is 5.32 Å². The zero-order chi connectivity index (χ0) is 9.52. The molecule has 0 saturated heterocycles. The molecule has 0 unspecified atom stereocenters. The highest BCUT2D eigenvalue weighted by Gasteiger charge is 2.12. The second-order valence-electron chi connectivity index (χ2n) is 3.93. The van der Waals surface area contributed by atoms with Gasteiger partial charge in [0.1, 0.15) is 0 Å². The van der Waals surface area contributed by atoms with E-state index in [9.17, 15) is 0 Å². The van der Waals surface area contributed by atoms with E-state index >= 15 is 0 Å². The SMILES string of the molecule is OC[C@@H](O)CNC1CCCCCC1. The molecule has 13 heavy (non-hydrogen) atoms.